The van der Waals surface area contributed by atoms with Crippen molar-refractivity contribution >= 4 is 5.97 Å². The first kappa shape index (κ1) is 12.6. The van der Waals surface area contributed by atoms with Crippen LogP contribution in [-0.2, 0) is 4.79 Å². The maximum atomic E-state index is 9.00. The van der Waals surface area contributed by atoms with E-state index in [0.717, 1.165) is 12.5 Å². The number of nitrogens with two attached hydrogens (primary N) is 2. The van der Waals surface area contributed by atoms with E-state index in [1.54, 1.807) is 0 Å². The van der Waals surface area contributed by atoms with Crippen molar-refractivity contribution in [1.29, 1.82) is 0 Å². The molecule has 0 aliphatic carbocycles. The first-order valence-corrected chi connectivity index (χ1v) is 4.28. The number of benzene rings is 1. The molecule has 0 unspecified atom stereocenters. The number of carboxylic acids is 1. The lowest BCUT2D eigenvalue weighted by molar-refractivity contribution is -0.134. The van der Waals surface area contributed by atoms with E-state index in [9.17, 15) is 0 Å². The fourth-order valence-corrected chi connectivity index (χ4v) is 0.836. The van der Waals surface area contributed by atoms with Gasteiger partial charge in [-0.25, -0.2) is 0 Å². The first-order valence-electron chi connectivity index (χ1n) is 4.28. The monoisotopic (exact) mass is 196 g/mol. The number of rotatable bonds is 2. The summed E-state index contributed by atoms with van der Waals surface area (Å²) in [5, 5.41) is 7.42. The third-order valence-corrected chi connectivity index (χ3v) is 1.48. The van der Waals surface area contributed by atoms with E-state index in [4.69, 9.17) is 21.4 Å². The van der Waals surface area contributed by atoms with Crippen molar-refractivity contribution in [2.75, 3.05) is 6.54 Å². The Morgan fingerprint density at radius 1 is 1.43 bits per heavy atom. The quantitative estimate of drug-likeness (QED) is 0.650. The Morgan fingerprint density at radius 2 is 1.86 bits per heavy atom. The molecular weight excluding hydrogens is 180 g/mol. The summed E-state index contributed by atoms with van der Waals surface area (Å²) in [6.07, 6.45) is 0. The Kier molecular flexibility index (Phi) is 6.36. The summed E-state index contributed by atoms with van der Waals surface area (Å²) < 4.78 is 0. The molecular formula is C10H16N2O2. The molecule has 0 spiro atoms. The minimum absolute atomic E-state index is 0.0128. The summed E-state index contributed by atoms with van der Waals surface area (Å²) in [6.45, 7) is 1.59. The summed E-state index contributed by atoms with van der Waals surface area (Å²) in [4.78, 5) is 9.00. The normalized spacial score (nSPS) is 11.1. The molecule has 0 bridgehead atoms. The molecule has 5 N–H and O–H groups in total. The van der Waals surface area contributed by atoms with Gasteiger partial charge in [0.1, 0.15) is 0 Å². The van der Waals surface area contributed by atoms with E-state index < -0.39 is 5.97 Å². The van der Waals surface area contributed by atoms with Gasteiger partial charge in [-0.2, -0.15) is 0 Å². The Balaban J connectivity index is 0.000000364. The second kappa shape index (κ2) is 7.06. The summed E-state index contributed by atoms with van der Waals surface area (Å²) in [5.41, 5.74) is 12.2. The molecule has 0 saturated carbocycles. The molecule has 78 valence electrons. The summed E-state index contributed by atoms with van der Waals surface area (Å²) in [7, 11) is 0. The fraction of sp³-hybridized carbons (Fsp3) is 0.300. The van der Waals surface area contributed by atoms with E-state index in [1.165, 1.54) is 0 Å². The molecule has 0 saturated heterocycles. The van der Waals surface area contributed by atoms with Crippen LogP contribution in [0.2, 0.25) is 0 Å². The van der Waals surface area contributed by atoms with Crippen molar-refractivity contribution in [3.8, 4) is 0 Å². The zero-order chi connectivity index (χ0) is 11.0. The minimum atomic E-state index is -0.833. The van der Waals surface area contributed by atoms with Crippen LogP contribution in [0.25, 0.3) is 0 Å². The molecule has 14 heavy (non-hydrogen) atoms. The average molecular weight is 196 g/mol. The fourth-order valence-electron chi connectivity index (χ4n) is 0.836. The van der Waals surface area contributed by atoms with Crippen molar-refractivity contribution in [2.24, 2.45) is 11.5 Å². The number of hydrogen-bond donors (Lipinski definition) is 3. The Bertz CT molecular complexity index is 258. The summed E-state index contributed by atoms with van der Waals surface area (Å²) in [5.74, 6) is -0.833. The second-order valence-corrected chi connectivity index (χ2v) is 2.77. The molecule has 0 aromatic heterocycles. The smallest absolute Gasteiger partial charge is 0.300 e. The van der Waals surface area contributed by atoms with Crippen molar-refractivity contribution < 1.29 is 9.90 Å². The Labute approximate surface area is 83.5 Å². The van der Waals surface area contributed by atoms with Gasteiger partial charge in [-0.05, 0) is 5.56 Å². The third kappa shape index (κ3) is 6.16. The lowest BCUT2D eigenvalue weighted by atomic mass is 10.1. The topological polar surface area (TPSA) is 89.3 Å². The molecule has 0 aliphatic heterocycles. The van der Waals surface area contributed by atoms with E-state index in [0.29, 0.717) is 6.54 Å². The zero-order valence-corrected chi connectivity index (χ0v) is 8.18. The van der Waals surface area contributed by atoms with Gasteiger partial charge in [0.05, 0.1) is 0 Å². The van der Waals surface area contributed by atoms with Crippen molar-refractivity contribution in [1.82, 2.24) is 0 Å². The van der Waals surface area contributed by atoms with Crippen LogP contribution in [0.4, 0.5) is 0 Å². The van der Waals surface area contributed by atoms with Gasteiger partial charge in [0, 0.05) is 19.5 Å². The van der Waals surface area contributed by atoms with Gasteiger partial charge < -0.3 is 16.6 Å². The Morgan fingerprint density at radius 3 is 2.21 bits per heavy atom. The van der Waals surface area contributed by atoms with Gasteiger partial charge >= 0.3 is 0 Å². The standard InChI is InChI=1S/C8H12N2.C2H4O2/c9-6-8(10)7-4-2-1-3-5-7;1-2(3)4/h1-5,8H,6,9-10H2;1H3,(H,3,4)/t8-;/m0./s1. The van der Waals surface area contributed by atoms with Crippen molar-refractivity contribution in [3.63, 3.8) is 0 Å². The zero-order valence-electron chi connectivity index (χ0n) is 8.18. The number of aliphatic carboxylic acids is 1. The molecule has 1 aromatic rings. The van der Waals surface area contributed by atoms with Crippen LogP contribution < -0.4 is 11.5 Å². The third-order valence-electron chi connectivity index (χ3n) is 1.48. The lowest BCUT2D eigenvalue weighted by Gasteiger charge is -2.06. The summed E-state index contributed by atoms with van der Waals surface area (Å²) in [6, 6.07) is 9.85. The molecule has 1 rings (SSSR count). The predicted octanol–water partition coefficient (Wildman–Crippen LogP) is 0.736. The number of hydrogen-bond acceptors (Lipinski definition) is 3. The minimum Gasteiger partial charge on any atom is -0.481 e. The maximum absolute atomic E-state index is 9.00. The van der Waals surface area contributed by atoms with Crippen LogP contribution in [0.15, 0.2) is 30.3 Å². The van der Waals surface area contributed by atoms with Gasteiger partial charge in [0.2, 0.25) is 0 Å². The van der Waals surface area contributed by atoms with Crippen LogP contribution in [0.1, 0.15) is 18.5 Å². The van der Waals surface area contributed by atoms with E-state index in [1.807, 2.05) is 30.3 Å². The van der Waals surface area contributed by atoms with Gasteiger partial charge in [0.15, 0.2) is 0 Å². The van der Waals surface area contributed by atoms with Crippen molar-refractivity contribution in [3.05, 3.63) is 35.9 Å². The van der Waals surface area contributed by atoms with Gasteiger partial charge in [-0.15, -0.1) is 0 Å². The van der Waals surface area contributed by atoms with Crippen molar-refractivity contribution in [2.45, 2.75) is 13.0 Å². The second-order valence-electron chi connectivity index (χ2n) is 2.77. The summed E-state index contributed by atoms with van der Waals surface area (Å²) >= 11 is 0. The molecule has 1 atom stereocenters. The number of carbonyl (C=O) groups is 1. The van der Waals surface area contributed by atoms with Crippen LogP contribution in [0, 0.1) is 0 Å². The van der Waals surface area contributed by atoms with Gasteiger partial charge in [0.25, 0.3) is 5.97 Å². The number of carboxylic acid groups (broad SMARTS) is 1. The molecule has 0 aliphatic rings. The molecule has 0 heterocycles. The van der Waals surface area contributed by atoms with Crippen LogP contribution >= 0.6 is 0 Å². The van der Waals surface area contributed by atoms with Gasteiger partial charge in [-0.1, -0.05) is 30.3 Å². The molecule has 0 amide bonds. The molecule has 4 heteroatoms. The first-order chi connectivity index (χ1) is 6.57. The van der Waals surface area contributed by atoms with Gasteiger partial charge in [-0.3, -0.25) is 4.79 Å². The van der Waals surface area contributed by atoms with Crippen LogP contribution in [0.3, 0.4) is 0 Å². The SMILES string of the molecule is CC(=O)O.NC[C@H](N)c1ccccc1. The highest BCUT2D eigenvalue weighted by Crippen LogP contribution is 2.06. The van der Waals surface area contributed by atoms with Crippen LogP contribution in [-0.4, -0.2) is 17.6 Å². The van der Waals surface area contributed by atoms with E-state index in [2.05, 4.69) is 0 Å². The highest BCUT2D eigenvalue weighted by Gasteiger charge is 1.99. The molecule has 0 fully saturated rings. The maximum Gasteiger partial charge on any atom is 0.300 e. The highest BCUT2D eigenvalue weighted by molar-refractivity contribution is 5.62. The Hall–Kier alpha value is -1.39. The van der Waals surface area contributed by atoms with E-state index >= 15 is 0 Å². The average Bonchev–Trinajstić information content (AvgIpc) is 2.17. The molecule has 4 nitrogen and oxygen atoms in total. The lowest BCUT2D eigenvalue weighted by Crippen LogP contribution is -2.20. The van der Waals surface area contributed by atoms with E-state index in [-0.39, 0.29) is 6.04 Å². The largest absolute Gasteiger partial charge is 0.481 e. The highest BCUT2D eigenvalue weighted by atomic mass is 16.4. The predicted molar refractivity (Wildman–Crippen MR) is 55.7 cm³/mol. The molecule has 1 aromatic carbocycles. The molecule has 0 radical (unpaired) electrons. The van der Waals surface area contributed by atoms with Crippen LogP contribution in [0.5, 0.6) is 0 Å².